The monoisotopic (exact) mass is 295 g/mol. The summed E-state index contributed by atoms with van der Waals surface area (Å²) in [6.07, 6.45) is 1.57. The molecular formula is C11H10BrN3O2. The molecule has 0 aliphatic carbocycles. The summed E-state index contributed by atoms with van der Waals surface area (Å²) in [5, 5.41) is 6.33. The van der Waals surface area contributed by atoms with Crippen LogP contribution in [0, 0.1) is 13.8 Å². The normalized spacial score (nSPS) is 10.3. The molecule has 0 bridgehead atoms. The average Bonchev–Trinajstić information content (AvgIpc) is 2.70. The summed E-state index contributed by atoms with van der Waals surface area (Å²) in [7, 11) is 0. The maximum atomic E-state index is 11.8. The van der Waals surface area contributed by atoms with Gasteiger partial charge in [-0.1, -0.05) is 5.16 Å². The van der Waals surface area contributed by atoms with E-state index < -0.39 is 0 Å². The summed E-state index contributed by atoms with van der Waals surface area (Å²) in [6.45, 7) is 3.63. The molecule has 1 amide bonds. The number of aryl methyl sites for hydroxylation is 2. The standard InChI is InChI=1S/C11H10BrN3O2/c1-6-3-8(5-13-10(6)12)14-11(16)9-4-7(2)17-15-9/h3-5H,1-2H3,(H,14,16). The Hall–Kier alpha value is -1.69. The zero-order valence-electron chi connectivity index (χ0n) is 9.32. The van der Waals surface area contributed by atoms with Crippen molar-refractivity contribution < 1.29 is 9.32 Å². The van der Waals surface area contributed by atoms with E-state index in [-0.39, 0.29) is 11.6 Å². The number of carbonyl (C=O) groups is 1. The number of anilines is 1. The molecule has 0 radical (unpaired) electrons. The minimum absolute atomic E-state index is 0.253. The molecule has 2 aromatic rings. The lowest BCUT2D eigenvalue weighted by Crippen LogP contribution is -2.12. The highest BCUT2D eigenvalue weighted by molar-refractivity contribution is 9.10. The molecule has 0 aliphatic rings. The Balaban J connectivity index is 2.15. The lowest BCUT2D eigenvalue weighted by atomic mass is 10.3. The fraction of sp³-hybridized carbons (Fsp3) is 0.182. The molecule has 2 aromatic heterocycles. The number of aromatic nitrogens is 2. The molecule has 17 heavy (non-hydrogen) atoms. The first-order valence-corrected chi connectivity index (χ1v) is 5.72. The Morgan fingerprint density at radius 2 is 2.18 bits per heavy atom. The van der Waals surface area contributed by atoms with Gasteiger partial charge in [0.1, 0.15) is 10.4 Å². The van der Waals surface area contributed by atoms with Crippen molar-refractivity contribution in [2.24, 2.45) is 0 Å². The topological polar surface area (TPSA) is 68.0 Å². The van der Waals surface area contributed by atoms with Crippen LogP contribution in [0.15, 0.2) is 27.5 Å². The molecule has 0 saturated heterocycles. The molecule has 2 heterocycles. The maximum Gasteiger partial charge on any atom is 0.277 e. The van der Waals surface area contributed by atoms with Crippen LogP contribution in [0.25, 0.3) is 0 Å². The van der Waals surface area contributed by atoms with E-state index in [1.54, 1.807) is 19.2 Å². The van der Waals surface area contributed by atoms with Crippen LogP contribution in [0.2, 0.25) is 0 Å². The molecule has 0 unspecified atom stereocenters. The van der Waals surface area contributed by atoms with Crippen LogP contribution < -0.4 is 5.32 Å². The van der Waals surface area contributed by atoms with Gasteiger partial charge in [0, 0.05) is 6.07 Å². The van der Waals surface area contributed by atoms with E-state index >= 15 is 0 Å². The highest BCUT2D eigenvalue weighted by Gasteiger charge is 2.11. The predicted molar refractivity (Wildman–Crippen MR) is 65.9 cm³/mol. The number of pyridine rings is 1. The van der Waals surface area contributed by atoms with Crippen molar-refractivity contribution >= 4 is 27.5 Å². The quantitative estimate of drug-likeness (QED) is 0.865. The third-order valence-corrected chi connectivity index (χ3v) is 2.96. The van der Waals surface area contributed by atoms with E-state index in [9.17, 15) is 4.79 Å². The number of nitrogens with one attached hydrogen (secondary N) is 1. The van der Waals surface area contributed by atoms with Gasteiger partial charge in [-0.2, -0.15) is 0 Å². The summed E-state index contributed by atoms with van der Waals surface area (Å²) in [5.41, 5.74) is 1.82. The van der Waals surface area contributed by atoms with Gasteiger partial charge < -0.3 is 9.84 Å². The van der Waals surface area contributed by atoms with Crippen LogP contribution in [-0.4, -0.2) is 16.0 Å². The average molecular weight is 296 g/mol. The number of halogens is 1. The minimum atomic E-state index is -0.314. The Kier molecular flexibility index (Phi) is 3.23. The van der Waals surface area contributed by atoms with Crippen molar-refractivity contribution in [2.75, 3.05) is 5.32 Å². The van der Waals surface area contributed by atoms with Gasteiger partial charge >= 0.3 is 0 Å². The van der Waals surface area contributed by atoms with E-state index in [0.29, 0.717) is 11.4 Å². The second-order valence-electron chi connectivity index (χ2n) is 3.61. The summed E-state index contributed by atoms with van der Waals surface area (Å²) >= 11 is 3.29. The van der Waals surface area contributed by atoms with Crippen LogP contribution in [0.5, 0.6) is 0 Å². The fourth-order valence-electron chi connectivity index (χ4n) is 1.30. The Labute approximate surface area is 106 Å². The lowest BCUT2D eigenvalue weighted by Gasteiger charge is -2.04. The first-order valence-electron chi connectivity index (χ1n) is 4.93. The summed E-state index contributed by atoms with van der Waals surface area (Å²) in [5.74, 6) is 0.283. The lowest BCUT2D eigenvalue weighted by molar-refractivity contribution is 0.101. The van der Waals surface area contributed by atoms with Crippen molar-refractivity contribution in [1.82, 2.24) is 10.1 Å². The molecule has 2 rings (SSSR count). The van der Waals surface area contributed by atoms with Crippen LogP contribution in [0.1, 0.15) is 21.8 Å². The number of carbonyl (C=O) groups excluding carboxylic acids is 1. The van der Waals surface area contributed by atoms with E-state index in [2.05, 4.69) is 31.4 Å². The summed E-state index contributed by atoms with van der Waals surface area (Å²) in [6, 6.07) is 3.40. The van der Waals surface area contributed by atoms with E-state index in [0.717, 1.165) is 10.2 Å². The summed E-state index contributed by atoms with van der Waals surface area (Å²) in [4.78, 5) is 15.8. The van der Waals surface area contributed by atoms with Gasteiger partial charge in [0.05, 0.1) is 11.9 Å². The molecule has 0 atom stereocenters. The SMILES string of the molecule is Cc1cc(C(=O)Nc2cnc(Br)c(C)c2)no1. The first kappa shape index (κ1) is 11.8. The highest BCUT2D eigenvalue weighted by Crippen LogP contribution is 2.17. The maximum absolute atomic E-state index is 11.8. The van der Waals surface area contributed by atoms with Crippen molar-refractivity contribution in [2.45, 2.75) is 13.8 Å². The third-order valence-electron chi connectivity index (χ3n) is 2.13. The molecule has 0 spiro atoms. The number of amides is 1. The molecule has 0 saturated carbocycles. The predicted octanol–water partition coefficient (Wildman–Crippen LogP) is 2.70. The van der Waals surface area contributed by atoms with Crippen LogP contribution >= 0.6 is 15.9 Å². The minimum Gasteiger partial charge on any atom is -0.361 e. The number of nitrogens with zero attached hydrogens (tertiary/aromatic N) is 2. The van der Waals surface area contributed by atoms with Crippen molar-refractivity contribution in [3.63, 3.8) is 0 Å². The van der Waals surface area contributed by atoms with E-state index in [4.69, 9.17) is 4.52 Å². The molecule has 0 fully saturated rings. The van der Waals surface area contributed by atoms with Crippen molar-refractivity contribution in [3.8, 4) is 0 Å². The van der Waals surface area contributed by atoms with E-state index in [1.807, 2.05) is 13.0 Å². The molecule has 0 aliphatic heterocycles. The zero-order valence-corrected chi connectivity index (χ0v) is 10.9. The molecule has 6 heteroatoms. The highest BCUT2D eigenvalue weighted by atomic mass is 79.9. The van der Waals surface area contributed by atoms with Gasteiger partial charge in [-0.15, -0.1) is 0 Å². The van der Waals surface area contributed by atoms with Crippen molar-refractivity contribution in [1.29, 1.82) is 0 Å². The van der Waals surface area contributed by atoms with Gasteiger partial charge in [-0.05, 0) is 41.4 Å². The van der Waals surface area contributed by atoms with Gasteiger partial charge in [0.25, 0.3) is 5.91 Å². The van der Waals surface area contributed by atoms with E-state index in [1.165, 1.54) is 0 Å². The van der Waals surface area contributed by atoms with Gasteiger partial charge in [-0.25, -0.2) is 4.98 Å². The van der Waals surface area contributed by atoms with Gasteiger partial charge in [0.2, 0.25) is 0 Å². The fourth-order valence-corrected chi connectivity index (χ4v) is 1.51. The molecule has 1 N–H and O–H groups in total. The Morgan fingerprint density at radius 1 is 1.41 bits per heavy atom. The number of hydrogen-bond acceptors (Lipinski definition) is 4. The number of rotatable bonds is 2. The van der Waals surface area contributed by atoms with Crippen LogP contribution in [0.3, 0.4) is 0 Å². The first-order chi connectivity index (χ1) is 8.06. The number of hydrogen-bond donors (Lipinski definition) is 1. The van der Waals surface area contributed by atoms with Crippen molar-refractivity contribution in [3.05, 3.63) is 40.0 Å². The molecule has 5 nitrogen and oxygen atoms in total. The van der Waals surface area contributed by atoms with Gasteiger partial charge in [0.15, 0.2) is 5.69 Å². The molecule has 88 valence electrons. The smallest absolute Gasteiger partial charge is 0.277 e. The second-order valence-corrected chi connectivity index (χ2v) is 4.36. The Bertz CT molecular complexity index is 566. The second kappa shape index (κ2) is 4.67. The van der Waals surface area contributed by atoms with Gasteiger partial charge in [-0.3, -0.25) is 4.79 Å². The van der Waals surface area contributed by atoms with Crippen LogP contribution in [-0.2, 0) is 0 Å². The molecular weight excluding hydrogens is 286 g/mol. The third kappa shape index (κ3) is 2.71. The largest absolute Gasteiger partial charge is 0.361 e. The van der Waals surface area contributed by atoms with Crippen LogP contribution in [0.4, 0.5) is 5.69 Å². The Morgan fingerprint density at radius 3 is 2.76 bits per heavy atom. The molecule has 0 aromatic carbocycles. The summed E-state index contributed by atoms with van der Waals surface area (Å²) < 4.78 is 5.59. The zero-order chi connectivity index (χ0) is 12.4.